The van der Waals surface area contributed by atoms with Crippen molar-refractivity contribution in [1.82, 2.24) is 10.2 Å². The molecule has 244 valence electrons. The number of ether oxygens (including phenoxy) is 2. The average Bonchev–Trinajstić information content (AvgIpc) is 2.99. The van der Waals surface area contributed by atoms with Crippen molar-refractivity contribution >= 4 is 23.5 Å². The Hall–Kier alpha value is -2.87. The molecule has 1 aliphatic heterocycles. The Labute approximate surface area is 261 Å². The van der Waals surface area contributed by atoms with Gasteiger partial charge in [0.2, 0.25) is 5.91 Å². The molecule has 1 unspecified atom stereocenters. The number of nitrogens with zero attached hydrogens (tertiary/aromatic N) is 2. The molecule has 8 nitrogen and oxygen atoms in total. The van der Waals surface area contributed by atoms with Crippen molar-refractivity contribution < 1.29 is 23.9 Å². The summed E-state index contributed by atoms with van der Waals surface area (Å²) in [6.45, 7) is 15.9. The summed E-state index contributed by atoms with van der Waals surface area (Å²) in [6, 6.07) is 8.25. The molecular formula is C35H59N3O5. The second-order valence-electron chi connectivity index (χ2n) is 11.4. The van der Waals surface area contributed by atoms with E-state index in [-0.39, 0.29) is 23.8 Å². The van der Waals surface area contributed by atoms with Gasteiger partial charge in [0.25, 0.3) is 5.91 Å². The molecule has 2 rings (SSSR count). The summed E-state index contributed by atoms with van der Waals surface area (Å²) < 4.78 is 10.4. The van der Waals surface area contributed by atoms with Gasteiger partial charge in [-0.3, -0.25) is 14.4 Å². The number of likely N-dealkylation sites (tertiary alicyclic amines) is 1. The van der Waals surface area contributed by atoms with E-state index in [4.69, 9.17) is 9.47 Å². The fourth-order valence-corrected chi connectivity index (χ4v) is 5.31. The maximum Gasteiger partial charge on any atom is 0.305 e. The van der Waals surface area contributed by atoms with E-state index in [0.29, 0.717) is 44.1 Å². The normalized spacial score (nSPS) is 14.7. The highest BCUT2D eigenvalue weighted by atomic mass is 16.5. The van der Waals surface area contributed by atoms with Gasteiger partial charge < -0.3 is 24.6 Å². The third-order valence-electron chi connectivity index (χ3n) is 7.48. The van der Waals surface area contributed by atoms with Crippen LogP contribution in [0.15, 0.2) is 36.1 Å². The molecule has 0 aliphatic carbocycles. The Morgan fingerprint density at radius 3 is 2.26 bits per heavy atom. The van der Waals surface area contributed by atoms with E-state index >= 15 is 0 Å². The first-order valence-electron chi connectivity index (χ1n) is 16.5. The van der Waals surface area contributed by atoms with Crippen LogP contribution in [0.25, 0.3) is 0 Å². The molecule has 8 heteroatoms. The highest BCUT2D eigenvalue weighted by Crippen LogP contribution is 2.27. The standard InChI is InChI=1S/C32H51N3O5.C3H8/c1-6-10-26(24-30(36)33-20-9-12-31(37)40-8-3)17-21-34-22-18-28(19-23-34)35(27-15-13-25(4)14-16-27)32(38)29(39-5)11-7-2;1-3-2/h11,13-16,26,28H,6-10,12,17-24H2,1-5H3,(H,33,36);3H2,1-2H3/b29-11-;. The van der Waals surface area contributed by atoms with Crippen molar-refractivity contribution in [1.29, 1.82) is 0 Å². The number of amides is 2. The van der Waals surface area contributed by atoms with Gasteiger partial charge in [-0.25, -0.2) is 0 Å². The second kappa shape index (κ2) is 22.6. The highest BCUT2D eigenvalue weighted by molar-refractivity contribution is 6.04. The molecule has 0 bridgehead atoms. The zero-order chi connectivity index (χ0) is 32.0. The minimum atomic E-state index is -0.215. The summed E-state index contributed by atoms with van der Waals surface area (Å²) in [4.78, 5) is 41.9. The Balaban J connectivity index is 0.00000295. The number of rotatable bonds is 17. The second-order valence-corrected chi connectivity index (χ2v) is 11.4. The molecule has 0 aromatic heterocycles. The predicted octanol–water partition coefficient (Wildman–Crippen LogP) is 6.81. The van der Waals surface area contributed by atoms with Crippen LogP contribution >= 0.6 is 0 Å². The lowest BCUT2D eigenvalue weighted by Gasteiger charge is -2.39. The van der Waals surface area contributed by atoms with Gasteiger partial charge in [-0.05, 0) is 76.6 Å². The average molecular weight is 602 g/mol. The van der Waals surface area contributed by atoms with Crippen LogP contribution in [0.5, 0.6) is 0 Å². The summed E-state index contributed by atoms with van der Waals surface area (Å²) in [5.74, 6) is 0.492. The fourth-order valence-electron chi connectivity index (χ4n) is 5.31. The third kappa shape index (κ3) is 14.9. The van der Waals surface area contributed by atoms with Crippen LogP contribution in [0.3, 0.4) is 0 Å². The minimum Gasteiger partial charge on any atom is -0.491 e. The summed E-state index contributed by atoms with van der Waals surface area (Å²) in [6.07, 6.45) is 10.1. The number of methoxy groups -OCH3 is 1. The number of nitrogens with one attached hydrogen (secondary N) is 1. The van der Waals surface area contributed by atoms with E-state index in [1.165, 1.54) is 6.42 Å². The maximum absolute atomic E-state index is 13.5. The van der Waals surface area contributed by atoms with Crippen LogP contribution in [0.1, 0.15) is 104 Å². The predicted molar refractivity (Wildman–Crippen MR) is 176 cm³/mol. The van der Waals surface area contributed by atoms with E-state index in [0.717, 1.165) is 69.4 Å². The topological polar surface area (TPSA) is 88.2 Å². The van der Waals surface area contributed by atoms with E-state index in [9.17, 15) is 14.4 Å². The van der Waals surface area contributed by atoms with Crippen LogP contribution < -0.4 is 10.2 Å². The lowest BCUT2D eigenvalue weighted by molar-refractivity contribution is -0.143. The lowest BCUT2D eigenvalue weighted by atomic mass is 9.94. The molecule has 1 saturated heterocycles. The number of anilines is 1. The number of piperidine rings is 1. The molecule has 1 atom stereocenters. The van der Waals surface area contributed by atoms with E-state index in [1.807, 2.05) is 49.1 Å². The Morgan fingerprint density at radius 2 is 1.70 bits per heavy atom. The number of hydrogen-bond acceptors (Lipinski definition) is 6. The van der Waals surface area contributed by atoms with Crippen molar-refractivity contribution in [3.8, 4) is 0 Å². The molecule has 1 fully saturated rings. The highest BCUT2D eigenvalue weighted by Gasteiger charge is 2.31. The molecule has 1 aliphatic rings. The summed E-state index contributed by atoms with van der Waals surface area (Å²) in [5, 5.41) is 2.97. The van der Waals surface area contributed by atoms with Gasteiger partial charge in [-0.1, -0.05) is 64.7 Å². The third-order valence-corrected chi connectivity index (χ3v) is 7.48. The quantitative estimate of drug-likeness (QED) is 0.0914. The van der Waals surface area contributed by atoms with Gasteiger partial charge in [0.1, 0.15) is 0 Å². The SMILES string of the molecule is CC/C=C(\OC)C(=O)N(c1ccc(C)cc1)C1CCN(CCC(CCC)CC(=O)NCCCC(=O)OCC)CC1.CCC. The fraction of sp³-hybridized carbons (Fsp3) is 0.686. The smallest absolute Gasteiger partial charge is 0.305 e. The van der Waals surface area contributed by atoms with Gasteiger partial charge in [0.15, 0.2) is 5.76 Å². The van der Waals surface area contributed by atoms with E-state index in [2.05, 4.69) is 31.0 Å². The number of esters is 1. The first kappa shape index (κ1) is 38.2. The first-order valence-corrected chi connectivity index (χ1v) is 16.5. The number of carbonyl (C=O) groups is 3. The molecule has 2 amide bonds. The Kier molecular flexibility index (Phi) is 20.1. The number of benzene rings is 1. The van der Waals surface area contributed by atoms with Gasteiger partial charge in [-0.2, -0.15) is 0 Å². The number of allylic oxidation sites excluding steroid dienone is 1. The van der Waals surface area contributed by atoms with Crippen LogP contribution in [0.2, 0.25) is 0 Å². The van der Waals surface area contributed by atoms with Crippen molar-refractivity contribution in [3.63, 3.8) is 0 Å². The van der Waals surface area contributed by atoms with Crippen molar-refractivity contribution in [2.45, 2.75) is 112 Å². The monoisotopic (exact) mass is 601 g/mol. The van der Waals surface area contributed by atoms with Crippen LogP contribution in [-0.4, -0.2) is 68.6 Å². The summed E-state index contributed by atoms with van der Waals surface area (Å²) >= 11 is 0. The largest absolute Gasteiger partial charge is 0.491 e. The van der Waals surface area contributed by atoms with Crippen LogP contribution in [0.4, 0.5) is 5.69 Å². The van der Waals surface area contributed by atoms with E-state index in [1.54, 1.807) is 14.0 Å². The molecule has 1 N–H and O–H groups in total. The zero-order valence-corrected chi connectivity index (χ0v) is 28.1. The molecule has 0 radical (unpaired) electrons. The van der Waals surface area contributed by atoms with Crippen molar-refractivity contribution in [2.75, 3.05) is 44.8 Å². The van der Waals surface area contributed by atoms with Gasteiger partial charge in [-0.15, -0.1) is 0 Å². The first-order chi connectivity index (χ1) is 20.7. The molecule has 1 aromatic rings. The summed E-state index contributed by atoms with van der Waals surface area (Å²) in [5.41, 5.74) is 2.07. The van der Waals surface area contributed by atoms with Gasteiger partial charge in [0.05, 0.1) is 13.7 Å². The Bertz CT molecular complexity index is 955. The van der Waals surface area contributed by atoms with Crippen LogP contribution in [-0.2, 0) is 23.9 Å². The zero-order valence-electron chi connectivity index (χ0n) is 28.1. The maximum atomic E-state index is 13.5. The molecule has 0 saturated carbocycles. The number of aryl methyl sites for hydroxylation is 1. The lowest BCUT2D eigenvalue weighted by Crippen LogP contribution is -2.48. The molecule has 1 aromatic carbocycles. The number of hydrogen-bond donors (Lipinski definition) is 1. The Morgan fingerprint density at radius 1 is 1.05 bits per heavy atom. The molecule has 0 spiro atoms. The number of carbonyl (C=O) groups excluding carboxylic acids is 3. The van der Waals surface area contributed by atoms with Crippen molar-refractivity contribution in [3.05, 3.63) is 41.7 Å². The van der Waals surface area contributed by atoms with Gasteiger partial charge in [0, 0.05) is 44.2 Å². The summed E-state index contributed by atoms with van der Waals surface area (Å²) in [7, 11) is 1.56. The molecule has 43 heavy (non-hydrogen) atoms. The van der Waals surface area contributed by atoms with Gasteiger partial charge >= 0.3 is 5.97 Å². The molecule has 1 heterocycles. The van der Waals surface area contributed by atoms with Crippen molar-refractivity contribution in [2.24, 2.45) is 5.92 Å². The van der Waals surface area contributed by atoms with E-state index < -0.39 is 0 Å². The van der Waals surface area contributed by atoms with Crippen LogP contribution in [0, 0.1) is 12.8 Å². The molecular weight excluding hydrogens is 542 g/mol. The minimum absolute atomic E-state index is 0.0577.